The summed E-state index contributed by atoms with van der Waals surface area (Å²) in [5.41, 5.74) is 2.93. The Morgan fingerprint density at radius 3 is 2.45 bits per heavy atom. The summed E-state index contributed by atoms with van der Waals surface area (Å²) in [5, 5.41) is 3.46. The molecule has 0 unspecified atom stereocenters. The summed E-state index contributed by atoms with van der Waals surface area (Å²) in [7, 11) is 3.01. The first-order valence-electron chi connectivity index (χ1n) is 8.78. The Morgan fingerprint density at radius 1 is 1.00 bits per heavy atom. The van der Waals surface area contributed by atoms with Gasteiger partial charge in [-0.15, -0.1) is 0 Å². The number of amides is 1. The predicted octanol–water partition coefficient (Wildman–Crippen LogP) is 5.42. The van der Waals surface area contributed by atoms with Crippen molar-refractivity contribution in [2.75, 3.05) is 19.5 Å². The third kappa shape index (κ3) is 3.75. The van der Waals surface area contributed by atoms with Crippen LogP contribution < -0.4 is 14.8 Å². The van der Waals surface area contributed by atoms with E-state index in [1.54, 1.807) is 48.5 Å². The van der Waals surface area contributed by atoms with E-state index in [1.165, 1.54) is 14.2 Å². The number of hydrogen-bond donors (Lipinski definition) is 1. The average Bonchev–Trinajstić information content (AvgIpc) is 3.16. The van der Waals surface area contributed by atoms with Crippen LogP contribution in [-0.2, 0) is 0 Å². The second-order valence-electron chi connectivity index (χ2n) is 6.20. The van der Waals surface area contributed by atoms with Crippen molar-refractivity contribution >= 4 is 34.3 Å². The largest absolute Gasteiger partial charge is 0.496 e. The zero-order valence-electron chi connectivity index (χ0n) is 15.7. The maximum absolute atomic E-state index is 12.9. The molecule has 0 aliphatic carbocycles. The van der Waals surface area contributed by atoms with Gasteiger partial charge in [-0.05, 0) is 48.5 Å². The van der Waals surface area contributed by atoms with E-state index in [1.807, 2.05) is 12.1 Å². The SMILES string of the molecule is COc1cccc(OC)c1C(=O)Nc1cccc(-c2nc3cc(Cl)ccc3o2)c1. The Bertz CT molecular complexity index is 1180. The van der Waals surface area contributed by atoms with E-state index in [-0.39, 0.29) is 5.91 Å². The van der Waals surface area contributed by atoms with E-state index >= 15 is 0 Å². The Labute approximate surface area is 172 Å². The van der Waals surface area contributed by atoms with Crippen molar-refractivity contribution in [3.8, 4) is 23.0 Å². The molecule has 0 aliphatic heterocycles. The molecule has 0 spiro atoms. The molecule has 29 heavy (non-hydrogen) atoms. The minimum absolute atomic E-state index is 0.319. The van der Waals surface area contributed by atoms with Gasteiger partial charge in [-0.1, -0.05) is 23.7 Å². The molecule has 0 atom stereocenters. The summed E-state index contributed by atoms with van der Waals surface area (Å²) in [4.78, 5) is 17.3. The van der Waals surface area contributed by atoms with Crippen LogP contribution in [0.1, 0.15) is 10.4 Å². The number of aromatic nitrogens is 1. The molecule has 3 aromatic carbocycles. The van der Waals surface area contributed by atoms with Crippen molar-refractivity contribution in [3.63, 3.8) is 0 Å². The number of nitrogens with zero attached hydrogens (tertiary/aromatic N) is 1. The quantitative estimate of drug-likeness (QED) is 0.477. The fourth-order valence-corrected chi connectivity index (χ4v) is 3.19. The smallest absolute Gasteiger partial charge is 0.263 e. The van der Waals surface area contributed by atoms with Crippen LogP contribution in [-0.4, -0.2) is 25.1 Å². The molecule has 1 aromatic heterocycles. The normalized spacial score (nSPS) is 10.7. The number of carbonyl (C=O) groups is 1. The molecule has 4 aromatic rings. The summed E-state index contributed by atoms with van der Waals surface area (Å²) in [6.07, 6.45) is 0. The number of hydrogen-bond acceptors (Lipinski definition) is 5. The highest BCUT2D eigenvalue weighted by Crippen LogP contribution is 2.31. The fourth-order valence-electron chi connectivity index (χ4n) is 3.02. The Morgan fingerprint density at radius 2 is 1.72 bits per heavy atom. The Hall–Kier alpha value is -3.51. The van der Waals surface area contributed by atoms with Crippen molar-refractivity contribution in [3.05, 3.63) is 71.2 Å². The first-order valence-corrected chi connectivity index (χ1v) is 9.15. The van der Waals surface area contributed by atoms with E-state index in [4.69, 9.17) is 25.5 Å². The van der Waals surface area contributed by atoms with Crippen LogP contribution in [0.5, 0.6) is 11.5 Å². The average molecular weight is 409 g/mol. The topological polar surface area (TPSA) is 73.6 Å². The van der Waals surface area contributed by atoms with Crippen molar-refractivity contribution in [2.45, 2.75) is 0 Å². The predicted molar refractivity (Wildman–Crippen MR) is 112 cm³/mol. The summed E-state index contributed by atoms with van der Waals surface area (Å²) in [6, 6.07) is 17.7. The standard InChI is InChI=1S/C22H17ClN2O4/c1-27-18-7-4-8-19(28-2)20(18)21(26)24-15-6-3-5-13(11-15)22-25-16-12-14(23)9-10-17(16)29-22/h3-12H,1-2H3,(H,24,26). The molecule has 0 fully saturated rings. The van der Waals surface area contributed by atoms with Crippen LogP contribution in [0.3, 0.4) is 0 Å². The van der Waals surface area contributed by atoms with Crippen LogP contribution in [0, 0.1) is 0 Å². The summed E-state index contributed by atoms with van der Waals surface area (Å²) >= 11 is 6.01. The zero-order valence-corrected chi connectivity index (χ0v) is 16.5. The van der Waals surface area contributed by atoms with E-state index in [9.17, 15) is 4.79 Å². The van der Waals surface area contributed by atoms with E-state index in [2.05, 4.69) is 10.3 Å². The van der Waals surface area contributed by atoms with Crippen LogP contribution in [0.15, 0.2) is 65.1 Å². The molecule has 7 heteroatoms. The molecule has 146 valence electrons. The first kappa shape index (κ1) is 18.8. The molecule has 0 radical (unpaired) electrons. The first-order chi connectivity index (χ1) is 14.1. The van der Waals surface area contributed by atoms with Gasteiger partial charge in [-0.25, -0.2) is 4.98 Å². The van der Waals surface area contributed by atoms with Gasteiger partial charge in [-0.2, -0.15) is 0 Å². The van der Waals surface area contributed by atoms with Gasteiger partial charge in [0.05, 0.1) is 14.2 Å². The van der Waals surface area contributed by atoms with Crippen molar-refractivity contribution in [1.82, 2.24) is 4.98 Å². The molecular weight excluding hydrogens is 392 g/mol. The van der Waals surface area contributed by atoms with Crippen molar-refractivity contribution in [1.29, 1.82) is 0 Å². The summed E-state index contributed by atoms with van der Waals surface area (Å²) in [5.74, 6) is 0.941. The Kier molecular flexibility index (Phi) is 5.10. The van der Waals surface area contributed by atoms with Gasteiger partial charge in [0.2, 0.25) is 5.89 Å². The second-order valence-corrected chi connectivity index (χ2v) is 6.64. The lowest BCUT2D eigenvalue weighted by Gasteiger charge is -2.13. The third-order valence-corrected chi connectivity index (χ3v) is 4.61. The fraction of sp³-hybridized carbons (Fsp3) is 0.0909. The van der Waals surface area contributed by atoms with Gasteiger partial charge in [-0.3, -0.25) is 4.79 Å². The molecular formula is C22H17ClN2O4. The minimum atomic E-state index is -0.346. The van der Waals surface area contributed by atoms with E-state index in [0.717, 1.165) is 5.56 Å². The van der Waals surface area contributed by atoms with E-state index < -0.39 is 0 Å². The van der Waals surface area contributed by atoms with Crippen LogP contribution in [0.4, 0.5) is 5.69 Å². The number of halogens is 1. The lowest BCUT2D eigenvalue weighted by Crippen LogP contribution is -2.14. The number of benzene rings is 3. The highest BCUT2D eigenvalue weighted by molar-refractivity contribution is 6.31. The third-order valence-electron chi connectivity index (χ3n) is 4.37. The number of anilines is 1. The molecule has 0 aliphatic rings. The molecule has 1 N–H and O–H groups in total. The molecule has 6 nitrogen and oxygen atoms in total. The molecule has 0 saturated carbocycles. The molecule has 1 heterocycles. The second kappa shape index (κ2) is 7.85. The van der Waals surface area contributed by atoms with Crippen LogP contribution in [0.25, 0.3) is 22.6 Å². The van der Waals surface area contributed by atoms with Gasteiger partial charge in [0.15, 0.2) is 5.58 Å². The number of rotatable bonds is 5. The van der Waals surface area contributed by atoms with Gasteiger partial charge in [0, 0.05) is 16.3 Å². The Balaban J connectivity index is 1.65. The lowest BCUT2D eigenvalue weighted by molar-refractivity contribution is 0.102. The number of nitrogens with one attached hydrogen (secondary N) is 1. The zero-order chi connectivity index (χ0) is 20.4. The number of fused-ring (bicyclic) bond motifs is 1. The molecule has 4 rings (SSSR count). The molecule has 0 saturated heterocycles. The van der Waals surface area contributed by atoms with E-state index in [0.29, 0.717) is 44.8 Å². The van der Waals surface area contributed by atoms with Crippen LogP contribution >= 0.6 is 11.6 Å². The van der Waals surface area contributed by atoms with Crippen molar-refractivity contribution < 1.29 is 18.7 Å². The highest BCUT2D eigenvalue weighted by Gasteiger charge is 2.19. The number of oxazole rings is 1. The molecule has 0 bridgehead atoms. The van der Waals surface area contributed by atoms with Crippen LogP contribution in [0.2, 0.25) is 5.02 Å². The number of ether oxygens (including phenoxy) is 2. The number of methoxy groups -OCH3 is 2. The number of carbonyl (C=O) groups excluding carboxylic acids is 1. The maximum Gasteiger partial charge on any atom is 0.263 e. The monoisotopic (exact) mass is 408 g/mol. The van der Waals surface area contributed by atoms with Gasteiger partial charge in [0.1, 0.15) is 22.6 Å². The maximum atomic E-state index is 12.9. The summed E-state index contributed by atoms with van der Waals surface area (Å²) < 4.78 is 16.4. The van der Waals surface area contributed by atoms with Crippen molar-refractivity contribution in [2.24, 2.45) is 0 Å². The van der Waals surface area contributed by atoms with Gasteiger partial charge >= 0.3 is 0 Å². The van der Waals surface area contributed by atoms with Gasteiger partial charge in [0.25, 0.3) is 5.91 Å². The lowest BCUT2D eigenvalue weighted by atomic mass is 10.1. The highest BCUT2D eigenvalue weighted by atomic mass is 35.5. The molecule has 1 amide bonds. The minimum Gasteiger partial charge on any atom is -0.496 e. The summed E-state index contributed by atoms with van der Waals surface area (Å²) in [6.45, 7) is 0. The van der Waals surface area contributed by atoms with Gasteiger partial charge < -0.3 is 19.2 Å².